The summed E-state index contributed by atoms with van der Waals surface area (Å²) in [5.41, 5.74) is 2.66. The van der Waals surface area contributed by atoms with Crippen molar-refractivity contribution in [3.8, 4) is 0 Å². The van der Waals surface area contributed by atoms with Gasteiger partial charge in [-0.25, -0.2) is 4.98 Å². The maximum absolute atomic E-state index is 4.58. The summed E-state index contributed by atoms with van der Waals surface area (Å²) >= 11 is 1.97. The second-order valence-corrected chi connectivity index (χ2v) is 6.18. The lowest BCUT2D eigenvalue weighted by atomic mass is 10.0. The van der Waals surface area contributed by atoms with E-state index in [9.17, 15) is 0 Å². The van der Waals surface area contributed by atoms with Crippen LogP contribution >= 0.6 is 11.8 Å². The highest BCUT2D eigenvalue weighted by Gasteiger charge is 2.15. The Labute approximate surface area is 109 Å². The highest BCUT2D eigenvalue weighted by atomic mass is 32.2. The molecule has 3 heteroatoms. The summed E-state index contributed by atoms with van der Waals surface area (Å²) < 4.78 is 0. The lowest BCUT2D eigenvalue weighted by Gasteiger charge is -2.20. The minimum absolute atomic E-state index is 0.797. The number of hydrogen-bond donors (Lipinski definition) is 1. The summed E-state index contributed by atoms with van der Waals surface area (Å²) in [6.45, 7) is 3.09. The van der Waals surface area contributed by atoms with Gasteiger partial charge in [-0.05, 0) is 44.0 Å². The molecule has 0 radical (unpaired) electrons. The summed E-state index contributed by atoms with van der Waals surface area (Å²) in [5, 5.41) is 5.18. The Morgan fingerprint density at radius 2 is 2.12 bits per heavy atom. The molecule has 1 heterocycles. The molecule has 0 amide bonds. The van der Waals surface area contributed by atoms with Gasteiger partial charge in [-0.3, -0.25) is 0 Å². The van der Waals surface area contributed by atoms with E-state index in [2.05, 4.69) is 23.3 Å². The molecule has 1 saturated carbocycles. The first-order valence-corrected chi connectivity index (χ1v) is 7.44. The van der Waals surface area contributed by atoms with Crippen molar-refractivity contribution in [2.75, 3.05) is 7.05 Å². The number of hydrogen-bond acceptors (Lipinski definition) is 3. The molecule has 1 aromatic heterocycles. The summed E-state index contributed by atoms with van der Waals surface area (Å²) in [4.78, 5) is 4.58. The normalized spacial score (nSPS) is 17.3. The molecule has 1 aromatic rings. The molecule has 0 bridgehead atoms. The SMILES string of the molecule is CNCc1cnc(SC2CCCCC2)cc1C. The lowest BCUT2D eigenvalue weighted by Crippen LogP contribution is -2.09. The Morgan fingerprint density at radius 3 is 2.76 bits per heavy atom. The standard InChI is InChI=1S/C14H22N2S/c1-11-8-14(16-10-12(11)9-15-2)17-13-6-4-3-5-7-13/h8,10,13,15H,3-7,9H2,1-2H3. The molecule has 17 heavy (non-hydrogen) atoms. The third-order valence-electron chi connectivity index (χ3n) is 3.40. The molecule has 1 fully saturated rings. The van der Waals surface area contributed by atoms with Crippen molar-refractivity contribution in [2.45, 2.75) is 55.8 Å². The zero-order chi connectivity index (χ0) is 12.1. The minimum Gasteiger partial charge on any atom is -0.316 e. The molecule has 1 N–H and O–H groups in total. The van der Waals surface area contributed by atoms with Gasteiger partial charge in [0, 0.05) is 18.0 Å². The van der Waals surface area contributed by atoms with Gasteiger partial charge in [-0.1, -0.05) is 19.3 Å². The average molecular weight is 250 g/mol. The Morgan fingerprint density at radius 1 is 1.35 bits per heavy atom. The maximum Gasteiger partial charge on any atom is 0.0965 e. The van der Waals surface area contributed by atoms with E-state index in [4.69, 9.17) is 0 Å². The zero-order valence-electron chi connectivity index (χ0n) is 10.8. The highest BCUT2D eigenvalue weighted by molar-refractivity contribution is 7.99. The van der Waals surface area contributed by atoms with Gasteiger partial charge in [0.1, 0.15) is 0 Å². The molecule has 0 aliphatic heterocycles. The van der Waals surface area contributed by atoms with E-state index < -0.39 is 0 Å². The molecule has 0 atom stereocenters. The fraction of sp³-hybridized carbons (Fsp3) is 0.643. The van der Waals surface area contributed by atoms with Crippen molar-refractivity contribution in [1.29, 1.82) is 0 Å². The molecule has 0 aromatic carbocycles. The molecule has 2 nitrogen and oxygen atoms in total. The fourth-order valence-electron chi connectivity index (χ4n) is 2.35. The topological polar surface area (TPSA) is 24.9 Å². The van der Waals surface area contributed by atoms with Crippen molar-refractivity contribution >= 4 is 11.8 Å². The third-order valence-corrected chi connectivity index (χ3v) is 4.67. The van der Waals surface area contributed by atoms with E-state index in [1.54, 1.807) is 0 Å². The lowest BCUT2D eigenvalue weighted by molar-refractivity contribution is 0.515. The van der Waals surface area contributed by atoms with E-state index in [-0.39, 0.29) is 0 Å². The van der Waals surface area contributed by atoms with E-state index in [1.165, 1.54) is 48.3 Å². The van der Waals surface area contributed by atoms with Gasteiger partial charge in [0.25, 0.3) is 0 Å². The number of thioether (sulfide) groups is 1. The molecule has 2 rings (SSSR count). The van der Waals surface area contributed by atoms with Crippen LogP contribution in [0.1, 0.15) is 43.2 Å². The molecule has 1 aliphatic carbocycles. The predicted molar refractivity (Wildman–Crippen MR) is 74.5 cm³/mol. The summed E-state index contributed by atoms with van der Waals surface area (Å²) in [7, 11) is 1.98. The second kappa shape index (κ2) is 6.41. The van der Waals surface area contributed by atoms with Gasteiger partial charge >= 0.3 is 0 Å². The first-order chi connectivity index (χ1) is 8.29. The monoisotopic (exact) mass is 250 g/mol. The van der Waals surface area contributed by atoms with Gasteiger partial charge < -0.3 is 5.32 Å². The van der Waals surface area contributed by atoms with Crippen LogP contribution in [0.5, 0.6) is 0 Å². The zero-order valence-corrected chi connectivity index (χ0v) is 11.6. The Balaban J connectivity index is 1.98. The van der Waals surface area contributed by atoms with E-state index in [0.29, 0.717) is 0 Å². The van der Waals surface area contributed by atoms with Crippen molar-refractivity contribution < 1.29 is 0 Å². The first kappa shape index (κ1) is 12.9. The third kappa shape index (κ3) is 3.71. The first-order valence-electron chi connectivity index (χ1n) is 6.56. The molecular weight excluding hydrogens is 228 g/mol. The van der Waals surface area contributed by atoms with Crippen molar-refractivity contribution in [1.82, 2.24) is 10.3 Å². The number of aromatic nitrogens is 1. The minimum atomic E-state index is 0.797. The maximum atomic E-state index is 4.58. The molecule has 0 spiro atoms. The summed E-state index contributed by atoms with van der Waals surface area (Å²) in [5.74, 6) is 0. The fourth-order valence-corrected chi connectivity index (χ4v) is 3.62. The Kier molecular flexibility index (Phi) is 4.86. The Bertz CT molecular complexity index is 359. The molecule has 1 aliphatic rings. The van der Waals surface area contributed by atoms with Gasteiger partial charge in [0.05, 0.1) is 5.03 Å². The predicted octanol–water partition coefficient (Wildman–Crippen LogP) is 3.53. The van der Waals surface area contributed by atoms with Crippen LogP contribution in [0.15, 0.2) is 17.3 Å². The smallest absolute Gasteiger partial charge is 0.0965 e. The number of pyridine rings is 1. The van der Waals surface area contributed by atoms with E-state index in [0.717, 1.165) is 11.8 Å². The highest BCUT2D eigenvalue weighted by Crippen LogP contribution is 2.33. The van der Waals surface area contributed by atoms with E-state index >= 15 is 0 Å². The number of rotatable bonds is 4. The van der Waals surface area contributed by atoms with Crippen LogP contribution in [0.3, 0.4) is 0 Å². The Hall–Kier alpha value is -0.540. The van der Waals surface area contributed by atoms with Crippen molar-refractivity contribution in [3.05, 3.63) is 23.4 Å². The molecule has 0 unspecified atom stereocenters. The molecule has 0 saturated heterocycles. The summed E-state index contributed by atoms with van der Waals surface area (Å²) in [6, 6.07) is 2.24. The van der Waals surface area contributed by atoms with Crippen molar-refractivity contribution in [3.63, 3.8) is 0 Å². The second-order valence-electron chi connectivity index (χ2n) is 4.86. The molecule has 94 valence electrons. The van der Waals surface area contributed by atoms with Crippen LogP contribution in [-0.2, 0) is 6.54 Å². The summed E-state index contributed by atoms with van der Waals surface area (Å²) in [6.07, 6.45) is 8.97. The average Bonchev–Trinajstić information content (AvgIpc) is 2.34. The van der Waals surface area contributed by atoms with Crippen LogP contribution in [0, 0.1) is 6.92 Å². The molecular formula is C14H22N2S. The number of nitrogens with one attached hydrogen (secondary N) is 1. The van der Waals surface area contributed by atoms with Crippen LogP contribution < -0.4 is 5.32 Å². The van der Waals surface area contributed by atoms with Crippen LogP contribution in [0.4, 0.5) is 0 Å². The van der Waals surface area contributed by atoms with Gasteiger partial charge in [-0.2, -0.15) is 0 Å². The number of nitrogens with zero attached hydrogens (tertiary/aromatic N) is 1. The van der Waals surface area contributed by atoms with Crippen LogP contribution in [0.2, 0.25) is 0 Å². The van der Waals surface area contributed by atoms with Crippen LogP contribution in [-0.4, -0.2) is 17.3 Å². The largest absolute Gasteiger partial charge is 0.316 e. The van der Waals surface area contributed by atoms with Crippen molar-refractivity contribution in [2.24, 2.45) is 0 Å². The van der Waals surface area contributed by atoms with E-state index in [1.807, 2.05) is 25.0 Å². The quantitative estimate of drug-likeness (QED) is 0.885. The van der Waals surface area contributed by atoms with Gasteiger partial charge in [0.15, 0.2) is 0 Å². The number of aryl methyl sites for hydroxylation is 1. The van der Waals surface area contributed by atoms with Gasteiger partial charge in [-0.15, -0.1) is 11.8 Å². The van der Waals surface area contributed by atoms with Crippen LogP contribution in [0.25, 0.3) is 0 Å². The van der Waals surface area contributed by atoms with Gasteiger partial charge in [0.2, 0.25) is 0 Å².